The lowest BCUT2D eigenvalue weighted by Gasteiger charge is -2.08. The van der Waals surface area contributed by atoms with Crippen molar-refractivity contribution in [3.63, 3.8) is 0 Å². The summed E-state index contributed by atoms with van der Waals surface area (Å²) in [6.45, 7) is 0. The second-order valence-electron chi connectivity index (χ2n) is 2.91. The molecule has 0 spiro atoms. The minimum atomic E-state index is -0.777. The van der Waals surface area contributed by atoms with Crippen LogP contribution in [0.4, 0.5) is 10.1 Å². The first kappa shape index (κ1) is 10.1. The van der Waals surface area contributed by atoms with Gasteiger partial charge >= 0.3 is 0 Å². The third-order valence-corrected chi connectivity index (χ3v) is 2.65. The highest BCUT2D eigenvalue weighted by Crippen LogP contribution is 2.39. The molecule has 0 unspecified atom stereocenters. The number of ether oxygens (including phenoxy) is 1. The third-order valence-electron chi connectivity index (χ3n) is 2.07. The summed E-state index contributed by atoms with van der Waals surface area (Å²) in [5.74, 6) is -2.25. The van der Waals surface area contributed by atoms with Gasteiger partial charge in [0.15, 0.2) is 11.6 Å². The summed E-state index contributed by atoms with van der Waals surface area (Å²) in [4.78, 5) is 22.4. The fourth-order valence-electron chi connectivity index (χ4n) is 1.39. The van der Waals surface area contributed by atoms with Crippen LogP contribution in [-0.2, 0) is 4.79 Å². The van der Waals surface area contributed by atoms with E-state index in [2.05, 4.69) is 21.2 Å². The van der Waals surface area contributed by atoms with Gasteiger partial charge in [-0.3, -0.25) is 9.59 Å². The van der Waals surface area contributed by atoms with Gasteiger partial charge < -0.3 is 10.1 Å². The quantitative estimate of drug-likeness (QED) is 0.793. The van der Waals surface area contributed by atoms with Crippen LogP contribution in [0.25, 0.3) is 0 Å². The Morgan fingerprint density at radius 1 is 1.47 bits per heavy atom. The van der Waals surface area contributed by atoms with Gasteiger partial charge in [0.05, 0.1) is 22.8 Å². The molecule has 0 aromatic heterocycles. The first-order valence-electron chi connectivity index (χ1n) is 3.98. The van der Waals surface area contributed by atoms with Crippen LogP contribution in [0, 0.1) is 5.82 Å². The number of fused-ring (bicyclic) bond motifs is 1. The molecule has 78 valence electrons. The zero-order valence-electron chi connectivity index (χ0n) is 7.56. The molecule has 1 aliphatic rings. The second kappa shape index (κ2) is 3.30. The number of benzene rings is 1. The number of hydrogen-bond acceptors (Lipinski definition) is 3. The summed E-state index contributed by atoms with van der Waals surface area (Å²) in [6, 6.07) is 1.26. The number of hydrogen-bond donors (Lipinski definition) is 1. The van der Waals surface area contributed by atoms with Crippen LogP contribution >= 0.6 is 15.9 Å². The Labute approximate surface area is 92.5 Å². The molecule has 1 N–H and O–H groups in total. The highest BCUT2D eigenvalue weighted by Gasteiger charge is 2.33. The van der Waals surface area contributed by atoms with Gasteiger partial charge in [0.1, 0.15) is 0 Å². The Morgan fingerprint density at radius 2 is 2.13 bits per heavy atom. The molecular weight excluding hydrogens is 269 g/mol. The Morgan fingerprint density at radius 3 is 2.73 bits per heavy atom. The van der Waals surface area contributed by atoms with Gasteiger partial charge in [-0.25, -0.2) is 4.39 Å². The number of carbonyl (C=O) groups excluding carboxylic acids is 2. The lowest BCUT2D eigenvalue weighted by atomic mass is 10.1. The number of halogens is 2. The Balaban J connectivity index is 2.74. The van der Waals surface area contributed by atoms with Crippen molar-refractivity contribution in [1.29, 1.82) is 0 Å². The van der Waals surface area contributed by atoms with E-state index in [-0.39, 0.29) is 21.5 Å². The molecule has 2 rings (SSSR count). The fourth-order valence-corrected chi connectivity index (χ4v) is 1.80. The van der Waals surface area contributed by atoms with Crippen LogP contribution in [0.5, 0.6) is 5.75 Å². The smallest absolute Gasteiger partial charge is 0.296 e. The van der Waals surface area contributed by atoms with Crippen LogP contribution in [-0.4, -0.2) is 18.8 Å². The van der Waals surface area contributed by atoms with Crippen molar-refractivity contribution in [2.45, 2.75) is 0 Å². The summed E-state index contributed by atoms with van der Waals surface area (Å²) in [6.07, 6.45) is 0. The van der Waals surface area contributed by atoms with Gasteiger partial charge in [0, 0.05) is 0 Å². The molecule has 1 aromatic rings. The molecule has 0 saturated heterocycles. The zero-order chi connectivity index (χ0) is 11.2. The van der Waals surface area contributed by atoms with Crippen LogP contribution < -0.4 is 10.1 Å². The standard InChI is InChI=1S/C9H5BrFNO3/c1-15-8-5(11)4(10)2-3-6(8)12-9(14)7(3)13/h2H,1H3,(H,12,13,14). The first-order valence-corrected chi connectivity index (χ1v) is 4.77. The predicted octanol–water partition coefficient (Wildman–Crippen LogP) is 1.73. The number of rotatable bonds is 1. The van der Waals surface area contributed by atoms with Gasteiger partial charge in [-0.05, 0) is 22.0 Å². The topological polar surface area (TPSA) is 55.4 Å². The molecule has 6 heteroatoms. The van der Waals surface area contributed by atoms with E-state index in [1.807, 2.05) is 0 Å². The van der Waals surface area contributed by atoms with Crippen LogP contribution in [0.2, 0.25) is 0 Å². The van der Waals surface area contributed by atoms with Crippen molar-refractivity contribution >= 4 is 33.3 Å². The second-order valence-corrected chi connectivity index (χ2v) is 3.77. The highest BCUT2D eigenvalue weighted by atomic mass is 79.9. The third kappa shape index (κ3) is 1.32. The van der Waals surface area contributed by atoms with Crippen molar-refractivity contribution in [2.75, 3.05) is 12.4 Å². The van der Waals surface area contributed by atoms with Gasteiger partial charge in [0.25, 0.3) is 11.7 Å². The van der Waals surface area contributed by atoms with E-state index in [0.717, 1.165) is 0 Å². The number of methoxy groups -OCH3 is 1. The van der Waals surface area contributed by atoms with Gasteiger partial charge in [0.2, 0.25) is 0 Å². The van der Waals surface area contributed by atoms with Crippen molar-refractivity contribution in [3.05, 3.63) is 21.9 Å². The summed E-state index contributed by atoms with van der Waals surface area (Å²) in [7, 11) is 1.26. The van der Waals surface area contributed by atoms with Crippen LogP contribution in [0.1, 0.15) is 10.4 Å². The monoisotopic (exact) mass is 273 g/mol. The van der Waals surface area contributed by atoms with E-state index in [1.54, 1.807) is 0 Å². The molecule has 0 aliphatic carbocycles. The lowest BCUT2D eigenvalue weighted by Crippen LogP contribution is -2.12. The molecule has 0 fully saturated rings. The van der Waals surface area contributed by atoms with Crippen molar-refractivity contribution < 1.29 is 18.7 Å². The van der Waals surface area contributed by atoms with Gasteiger partial charge in [-0.1, -0.05) is 0 Å². The molecule has 0 bridgehead atoms. The maximum atomic E-state index is 13.5. The molecule has 0 radical (unpaired) electrons. The molecule has 1 amide bonds. The Kier molecular flexibility index (Phi) is 2.22. The number of ketones is 1. The normalized spacial score (nSPS) is 13.8. The minimum Gasteiger partial charge on any atom is -0.492 e. The summed E-state index contributed by atoms with van der Waals surface area (Å²) < 4.78 is 18.4. The lowest BCUT2D eigenvalue weighted by molar-refractivity contribution is -0.112. The molecule has 1 aromatic carbocycles. The average molecular weight is 274 g/mol. The molecule has 4 nitrogen and oxygen atoms in total. The predicted molar refractivity (Wildman–Crippen MR) is 53.6 cm³/mol. The van der Waals surface area contributed by atoms with Crippen molar-refractivity contribution in [1.82, 2.24) is 0 Å². The molecular formula is C9H5BrFNO3. The SMILES string of the molecule is COc1c(F)c(Br)cc2c1NC(=O)C2=O. The van der Waals surface area contributed by atoms with E-state index in [0.29, 0.717) is 0 Å². The largest absolute Gasteiger partial charge is 0.492 e. The van der Waals surface area contributed by atoms with E-state index in [1.165, 1.54) is 13.2 Å². The zero-order valence-corrected chi connectivity index (χ0v) is 9.14. The van der Waals surface area contributed by atoms with Gasteiger partial charge in [-0.2, -0.15) is 0 Å². The number of amides is 1. The van der Waals surface area contributed by atoms with Crippen LogP contribution in [0.3, 0.4) is 0 Å². The summed E-state index contributed by atoms with van der Waals surface area (Å²) in [5.41, 5.74) is 0.207. The molecule has 15 heavy (non-hydrogen) atoms. The highest BCUT2D eigenvalue weighted by molar-refractivity contribution is 9.10. The number of Topliss-reactive ketones (excluding diaryl/α,β-unsaturated/α-hetero) is 1. The van der Waals surface area contributed by atoms with Crippen LogP contribution in [0.15, 0.2) is 10.5 Å². The van der Waals surface area contributed by atoms with E-state index in [9.17, 15) is 14.0 Å². The van der Waals surface area contributed by atoms with Crippen molar-refractivity contribution in [2.24, 2.45) is 0 Å². The molecule has 1 heterocycles. The van der Waals surface area contributed by atoms with E-state index in [4.69, 9.17) is 4.74 Å². The summed E-state index contributed by atoms with van der Waals surface area (Å²) in [5, 5.41) is 2.26. The Bertz CT molecular complexity index is 487. The van der Waals surface area contributed by atoms with E-state index < -0.39 is 17.5 Å². The average Bonchev–Trinajstić information content (AvgIpc) is 2.47. The Hall–Kier alpha value is -1.43. The molecule has 0 atom stereocenters. The number of anilines is 1. The minimum absolute atomic E-state index is 0.0861. The fraction of sp³-hybridized carbons (Fsp3) is 0.111. The number of carbonyl (C=O) groups is 2. The van der Waals surface area contributed by atoms with E-state index >= 15 is 0 Å². The number of nitrogens with one attached hydrogen (secondary N) is 1. The summed E-state index contributed by atoms with van der Waals surface area (Å²) >= 11 is 2.94. The maximum Gasteiger partial charge on any atom is 0.296 e. The van der Waals surface area contributed by atoms with Gasteiger partial charge in [-0.15, -0.1) is 0 Å². The molecule has 1 aliphatic heterocycles. The first-order chi connectivity index (χ1) is 7.06. The molecule has 0 saturated carbocycles. The van der Waals surface area contributed by atoms with Crippen molar-refractivity contribution in [3.8, 4) is 5.75 Å². The maximum absolute atomic E-state index is 13.5.